The lowest BCUT2D eigenvalue weighted by atomic mass is 9.84. The number of hydrogen-bond acceptors (Lipinski definition) is 4. The van der Waals surface area contributed by atoms with Gasteiger partial charge in [0, 0.05) is 40.9 Å². The van der Waals surface area contributed by atoms with Crippen LogP contribution in [-0.4, -0.2) is 40.5 Å². The number of carboxylic acid groups (broad SMARTS) is 1. The summed E-state index contributed by atoms with van der Waals surface area (Å²) in [5, 5.41) is 9.96. The minimum atomic E-state index is -0.849. The van der Waals surface area contributed by atoms with Crippen molar-refractivity contribution in [1.29, 1.82) is 0 Å². The van der Waals surface area contributed by atoms with Crippen molar-refractivity contribution in [3.63, 3.8) is 0 Å². The molecule has 4 rings (SSSR count). The van der Waals surface area contributed by atoms with Gasteiger partial charge in [-0.05, 0) is 95.0 Å². The highest BCUT2D eigenvalue weighted by molar-refractivity contribution is 6.30. The number of carbonyl (C=O) groups is 3. The SMILES string of the molecule is CCN(C(=O)[C@H]1C[C@H](C)N(C(=O)c2ccc(CCC(C)(C)C(=O)O)nc2)c2ccccc21)c1ccc(Cl)cc1. The number of para-hydroxylation sites is 1. The minimum absolute atomic E-state index is 0.0125. The normalized spacial score (nSPS) is 16.9. The molecule has 0 unspecified atom stereocenters. The fourth-order valence-electron chi connectivity index (χ4n) is 5.02. The lowest BCUT2D eigenvalue weighted by molar-refractivity contribution is -0.147. The number of benzene rings is 2. The van der Waals surface area contributed by atoms with Gasteiger partial charge in [0.05, 0.1) is 16.9 Å². The first-order valence-electron chi connectivity index (χ1n) is 13.2. The average molecular weight is 548 g/mol. The summed E-state index contributed by atoms with van der Waals surface area (Å²) in [5.74, 6) is -1.44. The smallest absolute Gasteiger partial charge is 0.309 e. The van der Waals surface area contributed by atoms with Crippen LogP contribution in [-0.2, 0) is 16.0 Å². The highest BCUT2D eigenvalue weighted by Crippen LogP contribution is 2.40. The maximum atomic E-state index is 13.8. The average Bonchev–Trinajstić information content (AvgIpc) is 2.92. The number of fused-ring (bicyclic) bond motifs is 1. The van der Waals surface area contributed by atoms with Crippen molar-refractivity contribution < 1.29 is 19.5 Å². The van der Waals surface area contributed by atoms with Gasteiger partial charge >= 0.3 is 5.97 Å². The number of hydrogen-bond donors (Lipinski definition) is 1. The van der Waals surface area contributed by atoms with E-state index >= 15 is 0 Å². The van der Waals surface area contributed by atoms with Crippen molar-refractivity contribution in [3.05, 3.63) is 88.7 Å². The lowest BCUT2D eigenvalue weighted by Crippen LogP contribution is -2.46. The molecular formula is C31H34ClN3O4. The van der Waals surface area contributed by atoms with E-state index in [1.165, 1.54) is 0 Å². The summed E-state index contributed by atoms with van der Waals surface area (Å²) in [6.07, 6.45) is 2.99. The predicted molar refractivity (Wildman–Crippen MR) is 154 cm³/mol. The molecule has 0 radical (unpaired) electrons. The molecule has 2 atom stereocenters. The highest BCUT2D eigenvalue weighted by Gasteiger charge is 2.39. The number of halogens is 1. The number of nitrogens with zero attached hydrogens (tertiary/aromatic N) is 3. The van der Waals surface area contributed by atoms with Crippen molar-refractivity contribution >= 4 is 40.8 Å². The zero-order valence-corrected chi connectivity index (χ0v) is 23.5. The standard InChI is InChI=1S/C31H34ClN3O4/c1-5-34(24-14-11-22(32)12-15-24)29(37)26-18-20(2)35(27-9-7-6-8-25(26)27)28(36)21-10-13-23(33-19-21)16-17-31(3,4)30(38)39/h6-15,19-20,26H,5,16-18H2,1-4H3,(H,38,39)/t20-,26-/m0/s1. The largest absolute Gasteiger partial charge is 0.481 e. The van der Waals surface area contributed by atoms with Crippen LogP contribution in [0, 0.1) is 5.41 Å². The zero-order valence-electron chi connectivity index (χ0n) is 22.7. The summed E-state index contributed by atoms with van der Waals surface area (Å²) in [6.45, 7) is 7.80. The van der Waals surface area contributed by atoms with Gasteiger partial charge in [-0.3, -0.25) is 19.4 Å². The number of aryl methyl sites for hydroxylation is 1. The zero-order chi connectivity index (χ0) is 28.3. The number of carbonyl (C=O) groups excluding carboxylic acids is 2. The van der Waals surface area contributed by atoms with E-state index in [0.717, 1.165) is 22.6 Å². The predicted octanol–water partition coefficient (Wildman–Crippen LogP) is 6.35. The van der Waals surface area contributed by atoms with Gasteiger partial charge < -0.3 is 14.9 Å². The summed E-state index contributed by atoms with van der Waals surface area (Å²) < 4.78 is 0. The Labute approximate surface area is 234 Å². The number of amides is 2. The van der Waals surface area contributed by atoms with Crippen LogP contribution in [0.15, 0.2) is 66.9 Å². The quantitative estimate of drug-likeness (QED) is 0.354. The highest BCUT2D eigenvalue weighted by atomic mass is 35.5. The maximum Gasteiger partial charge on any atom is 0.309 e. The van der Waals surface area contributed by atoms with E-state index in [2.05, 4.69) is 4.98 Å². The molecule has 8 heteroatoms. The molecule has 0 aliphatic carbocycles. The topological polar surface area (TPSA) is 90.8 Å². The van der Waals surface area contributed by atoms with E-state index < -0.39 is 17.3 Å². The molecule has 3 aromatic rings. The third kappa shape index (κ3) is 5.98. The Morgan fingerprint density at radius 1 is 1.08 bits per heavy atom. The van der Waals surface area contributed by atoms with E-state index in [9.17, 15) is 19.5 Å². The Balaban J connectivity index is 1.57. The molecule has 1 aliphatic rings. The van der Waals surface area contributed by atoms with Crippen LogP contribution < -0.4 is 9.80 Å². The van der Waals surface area contributed by atoms with Gasteiger partial charge in [-0.2, -0.15) is 0 Å². The van der Waals surface area contributed by atoms with Crippen LogP contribution in [0.5, 0.6) is 0 Å². The summed E-state index contributed by atoms with van der Waals surface area (Å²) in [4.78, 5) is 46.9. The fourth-order valence-corrected chi connectivity index (χ4v) is 5.14. The Morgan fingerprint density at radius 3 is 2.38 bits per heavy atom. The van der Waals surface area contributed by atoms with Crippen LogP contribution >= 0.6 is 11.6 Å². The second kappa shape index (κ2) is 11.6. The molecule has 1 aliphatic heterocycles. The van der Waals surface area contributed by atoms with Gasteiger partial charge in [-0.1, -0.05) is 29.8 Å². The van der Waals surface area contributed by atoms with Gasteiger partial charge in [-0.15, -0.1) is 0 Å². The van der Waals surface area contributed by atoms with Crippen molar-refractivity contribution in [2.75, 3.05) is 16.3 Å². The maximum absolute atomic E-state index is 13.8. The Kier molecular flexibility index (Phi) is 8.40. The summed E-state index contributed by atoms with van der Waals surface area (Å²) in [7, 11) is 0. The van der Waals surface area contributed by atoms with Gasteiger partial charge in [0.15, 0.2) is 0 Å². The molecule has 2 aromatic carbocycles. The number of aliphatic carboxylic acids is 1. The molecule has 0 bridgehead atoms. The molecule has 7 nitrogen and oxygen atoms in total. The number of likely N-dealkylation sites (N-methyl/N-ethyl adjacent to an activating group) is 1. The Morgan fingerprint density at radius 2 is 1.77 bits per heavy atom. The number of carboxylic acids is 1. The molecule has 0 spiro atoms. The number of pyridine rings is 1. The fraction of sp³-hybridized carbons (Fsp3) is 0.355. The van der Waals surface area contributed by atoms with Crippen LogP contribution in [0.25, 0.3) is 0 Å². The third-order valence-corrected chi connectivity index (χ3v) is 7.74. The summed E-state index contributed by atoms with van der Waals surface area (Å²) in [5.41, 5.74) is 2.66. The molecule has 2 heterocycles. The third-order valence-electron chi connectivity index (χ3n) is 7.48. The van der Waals surface area contributed by atoms with Gasteiger partial charge in [-0.25, -0.2) is 0 Å². The Bertz CT molecular complexity index is 1360. The van der Waals surface area contributed by atoms with Crippen molar-refractivity contribution in [3.8, 4) is 0 Å². The lowest BCUT2D eigenvalue weighted by Gasteiger charge is -2.40. The first-order valence-corrected chi connectivity index (χ1v) is 13.6. The molecule has 0 saturated carbocycles. The van der Waals surface area contributed by atoms with Crippen LogP contribution in [0.2, 0.25) is 5.02 Å². The molecule has 1 aromatic heterocycles. The second-order valence-electron chi connectivity index (χ2n) is 10.7. The Hall–Kier alpha value is -3.71. The van der Waals surface area contributed by atoms with Crippen LogP contribution in [0.4, 0.5) is 11.4 Å². The van der Waals surface area contributed by atoms with Crippen molar-refractivity contribution in [2.45, 2.75) is 58.9 Å². The van der Waals surface area contributed by atoms with Crippen LogP contribution in [0.1, 0.15) is 68.1 Å². The first kappa shape index (κ1) is 28.3. The summed E-state index contributed by atoms with van der Waals surface area (Å²) >= 11 is 6.06. The van der Waals surface area contributed by atoms with E-state index in [4.69, 9.17) is 11.6 Å². The second-order valence-corrected chi connectivity index (χ2v) is 11.1. The monoisotopic (exact) mass is 547 g/mol. The van der Waals surface area contributed by atoms with E-state index in [-0.39, 0.29) is 17.9 Å². The molecule has 0 fully saturated rings. The van der Waals surface area contributed by atoms with Gasteiger partial charge in [0.25, 0.3) is 5.91 Å². The van der Waals surface area contributed by atoms with E-state index in [1.807, 2.05) is 50.2 Å². The van der Waals surface area contributed by atoms with Crippen LogP contribution in [0.3, 0.4) is 0 Å². The number of anilines is 2. The molecular weight excluding hydrogens is 514 g/mol. The molecule has 39 heavy (non-hydrogen) atoms. The van der Waals surface area contributed by atoms with E-state index in [1.54, 1.807) is 54.1 Å². The number of aromatic nitrogens is 1. The molecule has 204 valence electrons. The first-order chi connectivity index (χ1) is 18.5. The van der Waals surface area contributed by atoms with Gasteiger partial charge in [0.1, 0.15) is 0 Å². The number of rotatable bonds is 8. The summed E-state index contributed by atoms with van der Waals surface area (Å²) in [6, 6.07) is 18.1. The minimum Gasteiger partial charge on any atom is -0.481 e. The van der Waals surface area contributed by atoms with Crippen molar-refractivity contribution in [1.82, 2.24) is 4.98 Å². The van der Waals surface area contributed by atoms with Gasteiger partial charge in [0.2, 0.25) is 5.91 Å². The molecule has 2 amide bonds. The molecule has 1 N–H and O–H groups in total. The van der Waals surface area contributed by atoms with Crippen molar-refractivity contribution in [2.24, 2.45) is 5.41 Å². The van der Waals surface area contributed by atoms with E-state index in [0.29, 0.717) is 36.4 Å². The molecule has 0 saturated heterocycles.